The first-order chi connectivity index (χ1) is 23.4. The molecule has 3 aliphatic rings. The number of aliphatic hydroxyl groups excluding tert-OH is 1. The summed E-state index contributed by atoms with van der Waals surface area (Å²) in [6.45, 7) is 18.8. The van der Waals surface area contributed by atoms with Gasteiger partial charge < -0.3 is 34.8 Å². The van der Waals surface area contributed by atoms with Crippen LogP contribution in [-0.2, 0) is 25.5 Å². The van der Waals surface area contributed by atoms with E-state index in [1.165, 1.54) is 18.2 Å². The van der Waals surface area contributed by atoms with Gasteiger partial charge in [0.15, 0.2) is 0 Å². The molecule has 258 valence electrons. The molecular formula is C40H48N4O5. The average molecular weight is 665 g/mol. The van der Waals surface area contributed by atoms with Crippen molar-refractivity contribution in [2.45, 2.75) is 73.8 Å². The molecule has 4 atom stereocenters. The van der Waals surface area contributed by atoms with Crippen LogP contribution in [0.2, 0.25) is 0 Å². The Morgan fingerprint density at radius 3 is 2.37 bits per heavy atom. The predicted octanol–water partition coefficient (Wildman–Crippen LogP) is 3.95. The van der Waals surface area contributed by atoms with E-state index in [0.717, 1.165) is 67.7 Å². The number of aliphatic hydroxyl groups is 1. The quantitative estimate of drug-likeness (QED) is 0.183. The molecule has 0 aromatic carbocycles. The molecule has 3 aromatic heterocycles. The zero-order valence-electron chi connectivity index (χ0n) is 29.8. The molecule has 3 aromatic rings. The molecule has 8 bridgehead atoms. The molecule has 1 fully saturated rings. The Hall–Kier alpha value is -4.92. The SMILES string of the molecule is C=Cc1c2[nH]c(c1C)/C=C1/NC(C3=c4[nH]c(c(C)c4=C(O)[C@@H]3C(=O)OC)/C=c3\[nH]/c(c(C)c3CC)=C\2)[C@@H](CCC(=O)OCC=C(C)C)[C@@H]1C. The van der Waals surface area contributed by atoms with Gasteiger partial charge in [0.2, 0.25) is 0 Å². The summed E-state index contributed by atoms with van der Waals surface area (Å²) in [5, 5.41) is 18.9. The molecular weight excluding hydrogens is 616 g/mol. The normalized spacial score (nSPS) is 23.1. The van der Waals surface area contributed by atoms with Gasteiger partial charge in [0.05, 0.1) is 18.5 Å². The highest BCUT2D eigenvalue weighted by Crippen LogP contribution is 2.42. The molecule has 1 unspecified atom stereocenters. The molecule has 5 N–H and O–H groups in total. The average Bonchev–Trinajstić information content (AvgIpc) is 3.80. The maximum absolute atomic E-state index is 13.5. The molecule has 0 radical (unpaired) electrons. The molecule has 0 amide bonds. The minimum atomic E-state index is -0.986. The van der Waals surface area contributed by atoms with Gasteiger partial charge in [-0.3, -0.25) is 9.59 Å². The van der Waals surface area contributed by atoms with Crippen LogP contribution in [0.1, 0.15) is 85.4 Å². The second-order valence-corrected chi connectivity index (χ2v) is 13.8. The summed E-state index contributed by atoms with van der Waals surface area (Å²) in [5.41, 5.74) is 10.8. The van der Waals surface area contributed by atoms with Crippen molar-refractivity contribution in [1.29, 1.82) is 0 Å². The zero-order chi connectivity index (χ0) is 35.3. The molecule has 49 heavy (non-hydrogen) atoms. The van der Waals surface area contributed by atoms with E-state index in [2.05, 4.69) is 72.8 Å². The Morgan fingerprint density at radius 1 is 0.980 bits per heavy atom. The monoisotopic (exact) mass is 664 g/mol. The van der Waals surface area contributed by atoms with Gasteiger partial charge in [-0.05, 0) is 106 Å². The number of hydrogen-bond donors (Lipinski definition) is 5. The number of aromatic amines is 3. The third-order valence-electron chi connectivity index (χ3n) is 10.7. The van der Waals surface area contributed by atoms with Gasteiger partial charge in [0, 0.05) is 56.6 Å². The van der Waals surface area contributed by atoms with E-state index >= 15 is 0 Å². The first-order valence-corrected chi connectivity index (χ1v) is 17.2. The number of aromatic nitrogens is 3. The van der Waals surface area contributed by atoms with Gasteiger partial charge in [-0.25, -0.2) is 0 Å². The van der Waals surface area contributed by atoms with Gasteiger partial charge >= 0.3 is 11.9 Å². The number of carbonyl (C=O) groups is 2. The highest BCUT2D eigenvalue weighted by Gasteiger charge is 2.47. The van der Waals surface area contributed by atoms with Crippen molar-refractivity contribution in [3.05, 3.63) is 90.1 Å². The lowest BCUT2D eigenvalue weighted by Crippen LogP contribution is -2.38. The molecule has 5 heterocycles. The number of fused-ring (bicyclic) bond motifs is 8. The van der Waals surface area contributed by atoms with Gasteiger partial charge in [-0.1, -0.05) is 32.1 Å². The number of hydrogen-bond acceptors (Lipinski definition) is 6. The highest BCUT2D eigenvalue weighted by molar-refractivity contribution is 5.95. The number of rotatable bonds is 8. The van der Waals surface area contributed by atoms with Crippen molar-refractivity contribution < 1.29 is 24.2 Å². The molecule has 1 aliphatic carbocycles. The standard InChI is InChI=1S/C40H48N4O5/c1-10-24-20(5)27-16-29-22(7)26(12-13-33(45)49-15-14-19(3)4)37(43-29)35-36(40(47)48-9)39(46)34-23(8)30(44-38(34)35)18-32-25(11-2)21(6)28(42-32)17-31(24)41-27/h10,14,16-18,22,26,36-37,41-44,46H,1,11-13,15H2,2-9H3/b28-17-,29-16+,32-18-/t22-,26-,36+,37?/m0/s1. The van der Waals surface area contributed by atoms with Crippen LogP contribution in [0, 0.1) is 38.5 Å². The third-order valence-corrected chi connectivity index (χ3v) is 10.7. The summed E-state index contributed by atoms with van der Waals surface area (Å²) in [5.74, 6) is -1.93. The second kappa shape index (κ2) is 13.2. The summed E-state index contributed by atoms with van der Waals surface area (Å²) in [6.07, 6.45) is 11.7. The molecule has 9 nitrogen and oxygen atoms in total. The minimum absolute atomic E-state index is 0.0208. The van der Waals surface area contributed by atoms with E-state index in [0.29, 0.717) is 17.0 Å². The number of allylic oxidation sites excluding steroid dienone is 2. The molecule has 0 spiro atoms. The molecule has 0 saturated carbocycles. The molecule has 1 saturated heterocycles. The third kappa shape index (κ3) is 5.79. The van der Waals surface area contributed by atoms with Crippen LogP contribution in [0.4, 0.5) is 0 Å². The first-order valence-electron chi connectivity index (χ1n) is 17.2. The van der Waals surface area contributed by atoms with Crippen molar-refractivity contribution >= 4 is 47.6 Å². The lowest BCUT2D eigenvalue weighted by molar-refractivity contribution is -0.143. The number of methoxy groups -OCH3 is 1. The predicted molar refractivity (Wildman–Crippen MR) is 194 cm³/mol. The minimum Gasteiger partial charge on any atom is -0.510 e. The highest BCUT2D eigenvalue weighted by atomic mass is 16.5. The summed E-state index contributed by atoms with van der Waals surface area (Å²) >= 11 is 0. The van der Waals surface area contributed by atoms with E-state index in [4.69, 9.17) is 9.47 Å². The second-order valence-electron chi connectivity index (χ2n) is 13.8. The fourth-order valence-corrected chi connectivity index (χ4v) is 7.94. The smallest absolute Gasteiger partial charge is 0.320 e. The van der Waals surface area contributed by atoms with Crippen LogP contribution in [0.5, 0.6) is 0 Å². The Bertz CT molecular complexity index is 2180. The van der Waals surface area contributed by atoms with E-state index in [9.17, 15) is 14.7 Å². The Kier molecular flexibility index (Phi) is 9.13. The van der Waals surface area contributed by atoms with Crippen LogP contribution in [0.3, 0.4) is 0 Å². The van der Waals surface area contributed by atoms with Crippen molar-refractivity contribution in [2.75, 3.05) is 13.7 Å². The Morgan fingerprint density at radius 2 is 1.69 bits per heavy atom. The maximum Gasteiger partial charge on any atom is 0.320 e. The van der Waals surface area contributed by atoms with Crippen LogP contribution in [0.25, 0.3) is 35.6 Å². The topological polar surface area (TPSA) is 132 Å². The first kappa shape index (κ1) is 34.0. The van der Waals surface area contributed by atoms with E-state index < -0.39 is 11.9 Å². The van der Waals surface area contributed by atoms with Crippen molar-refractivity contribution in [2.24, 2.45) is 17.8 Å². The fourth-order valence-electron chi connectivity index (χ4n) is 7.94. The van der Waals surface area contributed by atoms with Crippen LogP contribution >= 0.6 is 0 Å². The van der Waals surface area contributed by atoms with Crippen molar-refractivity contribution in [3.63, 3.8) is 0 Å². The van der Waals surface area contributed by atoms with Crippen molar-refractivity contribution in [1.82, 2.24) is 20.3 Å². The van der Waals surface area contributed by atoms with E-state index in [-0.39, 0.29) is 42.6 Å². The van der Waals surface area contributed by atoms with Crippen molar-refractivity contribution in [3.8, 4) is 0 Å². The number of H-pyrrole nitrogens is 3. The largest absolute Gasteiger partial charge is 0.510 e. The van der Waals surface area contributed by atoms with E-state index in [1.807, 2.05) is 32.9 Å². The summed E-state index contributed by atoms with van der Waals surface area (Å²) in [7, 11) is 1.34. The lowest BCUT2D eigenvalue weighted by Gasteiger charge is -2.26. The van der Waals surface area contributed by atoms with Gasteiger partial charge in [0.1, 0.15) is 18.3 Å². The number of esters is 2. The van der Waals surface area contributed by atoms with Gasteiger partial charge in [-0.2, -0.15) is 0 Å². The summed E-state index contributed by atoms with van der Waals surface area (Å²) in [4.78, 5) is 37.3. The van der Waals surface area contributed by atoms with Crippen LogP contribution in [-0.4, -0.2) is 51.8 Å². The van der Waals surface area contributed by atoms with Crippen LogP contribution < -0.4 is 26.6 Å². The summed E-state index contributed by atoms with van der Waals surface area (Å²) < 4.78 is 10.8. The van der Waals surface area contributed by atoms with E-state index in [1.54, 1.807) is 0 Å². The van der Waals surface area contributed by atoms with Gasteiger partial charge in [-0.15, -0.1) is 0 Å². The zero-order valence-corrected chi connectivity index (χ0v) is 29.8. The van der Waals surface area contributed by atoms with Crippen LogP contribution in [0.15, 0.2) is 23.9 Å². The molecule has 9 heteroatoms. The molecule has 2 aliphatic heterocycles. The molecule has 6 rings (SSSR count). The Labute approximate surface area is 286 Å². The Balaban J connectivity index is 1.61. The van der Waals surface area contributed by atoms with Gasteiger partial charge in [0.25, 0.3) is 0 Å². The fraction of sp³-hybridized carbons (Fsp3) is 0.400. The lowest BCUT2D eigenvalue weighted by atomic mass is 9.80. The summed E-state index contributed by atoms with van der Waals surface area (Å²) in [6, 6.07) is -0.385. The number of nitrogens with one attached hydrogen (secondary N) is 4. The number of ether oxygens (including phenoxy) is 2. The number of carbonyl (C=O) groups excluding carboxylic acids is 2. The maximum atomic E-state index is 13.5.